The van der Waals surface area contributed by atoms with Gasteiger partial charge < -0.3 is 14.4 Å². The molecule has 1 heterocycles. The first-order valence-electron chi connectivity index (χ1n) is 9.02. The Hall–Kier alpha value is -2.64. The van der Waals surface area contributed by atoms with Gasteiger partial charge in [-0.15, -0.1) is 0 Å². The van der Waals surface area contributed by atoms with Crippen LogP contribution in [-0.2, 0) is 16.1 Å². The second-order valence-electron chi connectivity index (χ2n) is 6.58. The van der Waals surface area contributed by atoms with Crippen molar-refractivity contribution in [2.24, 2.45) is 0 Å². The van der Waals surface area contributed by atoms with Gasteiger partial charge in [0.05, 0.1) is 11.0 Å². The Morgan fingerprint density at radius 1 is 1.21 bits per heavy atom. The third-order valence-electron chi connectivity index (χ3n) is 4.50. The maximum atomic E-state index is 12.8. The minimum Gasteiger partial charge on any atom is -0.484 e. The van der Waals surface area contributed by atoms with Crippen molar-refractivity contribution in [2.45, 2.75) is 25.5 Å². The predicted octanol–water partition coefficient (Wildman–Crippen LogP) is 3.83. The number of nitro groups is 1. The zero-order valence-corrected chi connectivity index (χ0v) is 16.0. The van der Waals surface area contributed by atoms with Crippen molar-refractivity contribution >= 4 is 23.2 Å². The van der Waals surface area contributed by atoms with Crippen LogP contribution in [-0.4, -0.2) is 41.6 Å². The average molecular weight is 405 g/mol. The Bertz CT molecular complexity index is 804. The van der Waals surface area contributed by atoms with Gasteiger partial charge in [0.2, 0.25) is 0 Å². The number of benzene rings is 2. The Labute approximate surface area is 168 Å². The molecule has 1 aliphatic rings. The van der Waals surface area contributed by atoms with Crippen LogP contribution < -0.4 is 4.74 Å². The molecular formula is C20H21ClN2O5. The quantitative estimate of drug-likeness (QED) is 0.493. The Morgan fingerprint density at radius 2 is 1.93 bits per heavy atom. The zero-order chi connectivity index (χ0) is 19.9. The highest BCUT2D eigenvalue weighted by Crippen LogP contribution is 2.19. The third-order valence-corrected chi connectivity index (χ3v) is 4.75. The molecule has 1 fully saturated rings. The average Bonchev–Trinajstić information content (AvgIpc) is 3.20. The van der Waals surface area contributed by atoms with Crippen LogP contribution in [0.5, 0.6) is 5.75 Å². The van der Waals surface area contributed by atoms with E-state index in [2.05, 4.69) is 0 Å². The van der Waals surface area contributed by atoms with Gasteiger partial charge >= 0.3 is 0 Å². The van der Waals surface area contributed by atoms with Crippen molar-refractivity contribution in [1.82, 2.24) is 4.90 Å². The van der Waals surface area contributed by atoms with E-state index in [-0.39, 0.29) is 24.3 Å². The fourth-order valence-electron chi connectivity index (χ4n) is 3.00. The standard InChI is InChI=1S/C20H21ClN2O5/c21-16-5-3-15(4-6-16)12-22(13-19-2-1-11-27-19)20(24)14-28-18-9-7-17(8-10-18)23(25)26/h3-10,19H,1-2,11-14H2/t19-/m0/s1. The summed E-state index contributed by atoms with van der Waals surface area (Å²) < 4.78 is 11.2. The van der Waals surface area contributed by atoms with Crippen LogP contribution >= 0.6 is 11.6 Å². The maximum absolute atomic E-state index is 12.8. The van der Waals surface area contributed by atoms with E-state index in [9.17, 15) is 14.9 Å². The lowest BCUT2D eigenvalue weighted by molar-refractivity contribution is -0.384. The number of rotatable bonds is 8. The van der Waals surface area contributed by atoms with Crippen LogP contribution in [0.2, 0.25) is 5.02 Å². The van der Waals surface area contributed by atoms with Gasteiger partial charge in [0.15, 0.2) is 6.61 Å². The molecule has 0 spiro atoms. The van der Waals surface area contributed by atoms with E-state index in [0.717, 1.165) is 18.4 Å². The molecule has 1 saturated heterocycles. The zero-order valence-electron chi connectivity index (χ0n) is 15.3. The number of carbonyl (C=O) groups is 1. The topological polar surface area (TPSA) is 81.9 Å². The van der Waals surface area contributed by atoms with Crippen molar-refractivity contribution in [3.8, 4) is 5.75 Å². The minimum absolute atomic E-state index is 0.0237. The Morgan fingerprint density at radius 3 is 2.54 bits per heavy atom. The van der Waals surface area contributed by atoms with Crippen molar-refractivity contribution < 1.29 is 19.2 Å². The van der Waals surface area contributed by atoms with E-state index >= 15 is 0 Å². The maximum Gasteiger partial charge on any atom is 0.269 e. The molecule has 0 saturated carbocycles. The molecule has 3 rings (SSSR count). The number of hydrogen-bond acceptors (Lipinski definition) is 5. The SMILES string of the molecule is O=C(COc1ccc([N+](=O)[O-])cc1)N(Cc1ccc(Cl)cc1)C[C@@H]1CCCO1. The van der Waals surface area contributed by atoms with Crippen molar-refractivity contribution in [1.29, 1.82) is 0 Å². The minimum atomic E-state index is -0.482. The van der Waals surface area contributed by atoms with E-state index < -0.39 is 4.92 Å². The molecule has 0 aliphatic carbocycles. The highest BCUT2D eigenvalue weighted by atomic mass is 35.5. The van der Waals surface area contributed by atoms with E-state index in [1.807, 2.05) is 12.1 Å². The second kappa shape index (κ2) is 9.52. The first-order valence-corrected chi connectivity index (χ1v) is 9.40. The normalized spacial score (nSPS) is 16.0. The molecule has 0 radical (unpaired) electrons. The molecule has 28 heavy (non-hydrogen) atoms. The lowest BCUT2D eigenvalue weighted by Gasteiger charge is -2.25. The van der Waals surface area contributed by atoms with E-state index in [1.54, 1.807) is 17.0 Å². The first-order chi connectivity index (χ1) is 13.5. The van der Waals surface area contributed by atoms with Gasteiger partial charge in [0.25, 0.3) is 11.6 Å². The largest absolute Gasteiger partial charge is 0.484 e. The van der Waals surface area contributed by atoms with Gasteiger partial charge in [-0.25, -0.2) is 0 Å². The monoisotopic (exact) mass is 404 g/mol. The molecule has 7 nitrogen and oxygen atoms in total. The summed E-state index contributed by atoms with van der Waals surface area (Å²) >= 11 is 5.93. The lowest BCUT2D eigenvalue weighted by Crippen LogP contribution is -2.39. The van der Waals surface area contributed by atoms with Crippen LogP contribution in [0.1, 0.15) is 18.4 Å². The molecule has 0 unspecified atom stereocenters. The van der Waals surface area contributed by atoms with Crippen LogP contribution in [0, 0.1) is 10.1 Å². The number of amides is 1. The van der Waals surface area contributed by atoms with E-state index in [0.29, 0.717) is 30.5 Å². The Balaban J connectivity index is 1.62. The molecule has 2 aromatic rings. The molecule has 148 valence electrons. The van der Waals surface area contributed by atoms with Gasteiger partial charge in [-0.05, 0) is 42.7 Å². The number of ether oxygens (including phenoxy) is 2. The molecule has 2 aromatic carbocycles. The first kappa shape index (κ1) is 20.1. The fraction of sp³-hybridized carbons (Fsp3) is 0.350. The van der Waals surface area contributed by atoms with Crippen LogP contribution in [0.15, 0.2) is 48.5 Å². The van der Waals surface area contributed by atoms with E-state index in [1.165, 1.54) is 24.3 Å². The van der Waals surface area contributed by atoms with Gasteiger partial charge in [0.1, 0.15) is 5.75 Å². The molecule has 1 atom stereocenters. The van der Waals surface area contributed by atoms with Gasteiger partial charge in [-0.3, -0.25) is 14.9 Å². The van der Waals surface area contributed by atoms with Gasteiger partial charge in [0, 0.05) is 36.9 Å². The summed E-state index contributed by atoms with van der Waals surface area (Å²) in [6, 6.07) is 13.0. The molecule has 1 aliphatic heterocycles. The molecular weight excluding hydrogens is 384 g/mol. The number of non-ortho nitro benzene ring substituents is 1. The predicted molar refractivity (Wildman–Crippen MR) is 104 cm³/mol. The van der Waals surface area contributed by atoms with Crippen LogP contribution in [0.25, 0.3) is 0 Å². The molecule has 0 N–H and O–H groups in total. The number of carbonyl (C=O) groups excluding carboxylic acids is 1. The summed E-state index contributed by atoms with van der Waals surface area (Å²) in [6.07, 6.45) is 1.94. The number of nitrogens with zero attached hydrogens (tertiary/aromatic N) is 2. The summed E-state index contributed by atoms with van der Waals surface area (Å²) in [5.41, 5.74) is 0.938. The summed E-state index contributed by atoms with van der Waals surface area (Å²) in [5, 5.41) is 11.4. The van der Waals surface area contributed by atoms with Crippen molar-refractivity contribution in [2.75, 3.05) is 19.8 Å². The lowest BCUT2D eigenvalue weighted by atomic mass is 10.2. The molecule has 0 aromatic heterocycles. The highest BCUT2D eigenvalue weighted by Gasteiger charge is 2.23. The van der Waals surface area contributed by atoms with Crippen LogP contribution in [0.3, 0.4) is 0 Å². The van der Waals surface area contributed by atoms with Crippen molar-refractivity contribution in [3.63, 3.8) is 0 Å². The highest BCUT2D eigenvalue weighted by molar-refractivity contribution is 6.30. The van der Waals surface area contributed by atoms with E-state index in [4.69, 9.17) is 21.1 Å². The third kappa shape index (κ3) is 5.68. The summed E-state index contributed by atoms with van der Waals surface area (Å²) in [5.74, 6) is 0.228. The van der Waals surface area contributed by atoms with Gasteiger partial charge in [-0.1, -0.05) is 23.7 Å². The number of halogens is 1. The number of nitro benzene ring substituents is 1. The summed E-state index contributed by atoms with van der Waals surface area (Å²) in [6.45, 7) is 1.48. The summed E-state index contributed by atoms with van der Waals surface area (Å²) in [4.78, 5) is 24.7. The Kier molecular flexibility index (Phi) is 6.84. The molecule has 0 bridgehead atoms. The fourth-order valence-corrected chi connectivity index (χ4v) is 3.13. The molecule has 8 heteroatoms. The summed E-state index contributed by atoms with van der Waals surface area (Å²) in [7, 11) is 0. The van der Waals surface area contributed by atoms with Crippen molar-refractivity contribution in [3.05, 3.63) is 69.2 Å². The second-order valence-corrected chi connectivity index (χ2v) is 7.01. The number of hydrogen-bond donors (Lipinski definition) is 0. The van der Waals surface area contributed by atoms with Crippen LogP contribution in [0.4, 0.5) is 5.69 Å². The molecule has 1 amide bonds. The smallest absolute Gasteiger partial charge is 0.269 e. The van der Waals surface area contributed by atoms with Gasteiger partial charge in [-0.2, -0.15) is 0 Å².